The molecule has 0 atom stereocenters. The topological polar surface area (TPSA) is 56.0 Å². The third-order valence-corrected chi connectivity index (χ3v) is 4.69. The van der Waals surface area contributed by atoms with Gasteiger partial charge in [-0.05, 0) is 46.9 Å². The Kier molecular flexibility index (Phi) is 12.5. The number of hydrogen-bond donors (Lipinski definition) is 1. The Labute approximate surface area is 153 Å². The maximum atomic E-state index is 10.8. The number of rotatable bonds is 7. The van der Waals surface area contributed by atoms with E-state index in [-0.39, 0.29) is 0 Å². The molecule has 0 unspecified atom stereocenters. The molecule has 0 aliphatic rings. The van der Waals surface area contributed by atoms with E-state index >= 15 is 0 Å². The minimum Gasteiger partial charge on any atom is -0.333 e. The first kappa shape index (κ1) is 23.2. The normalized spacial score (nSPS) is 10.3. The Hall–Kier alpha value is -1.78. The number of benzene rings is 1. The molecule has 1 aromatic carbocycles. The molecule has 0 aliphatic carbocycles. The quantitative estimate of drug-likeness (QED) is 0.770. The number of carbonyl (C=O) groups excluding carboxylic acids is 1. The fraction of sp³-hybridized carbons (Fsp3) is 0.524. The number of ketones is 1. The lowest BCUT2D eigenvalue weighted by Crippen LogP contribution is -2.48. The highest BCUT2D eigenvalue weighted by Crippen LogP contribution is 2.09. The van der Waals surface area contributed by atoms with Crippen molar-refractivity contribution in [3.63, 3.8) is 0 Å². The lowest BCUT2D eigenvalue weighted by molar-refractivity contribution is -0.923. The summed E-state index contributed by atoms with van der Waals surface area (Å²) in [6.07, 6.45) is 3.60. The van der Waals surface area contributed by atoms with Crippen LogP contribution in [-0.2, 0) is 4.79 Å². The van der Waals surface area contributed by atoms with Gasteiger partial charge in [0.1, 0.15) is 5.78 Å². The van der Waals surface area contributed by atoms with E-state index in [4.69, 9.17) is 0 Å². The Balaban J connectivity index is 0.000000426. The van der Waals surface area contributed by atoms with Gasteiger partial charge in [-0.15, -0.1) is 0 Å². The summed E-state index contributed by atoms with van der Waals surface area (Å²) >= 11 is 0. The van der Waals surface area contributed by atoms with Gasteiger partial charge in [-0.1, -0.05) is 24.3 Å². The molecule has 0 bridgehead atoms. The maximum absolute atomic E-state index is 10.8. The van der Waals surface area contributed by atoms with Crippen LogP contribution in [0.3, 0.4) is 0 Å². The Bertz CT molecular complexity index is 521. The molecule has 4 nitrogen and oxygen atoms in total. The lowest BCUT2D eigenvalue weighted by Gasteiger charge is -2.35. The highest BCUT2D eigenvalue weighted by atomic mass is 16.1. The average Bonchev–Trinajstić information content (AvgIpc) is 2.68. The smallest absolute Gasteiger partial charge is 0.130 e. The molecule has 0 aliphatic heterocycles. The number of para-hydroxylation sites is 1. The highest BCUT2D eigenvalue weighted by molar-refractivity contribution is 5.77. The molecule has 2 aromatic rings. The van der Waals surface area contributed by atoms with Crippen molar-refractivity contribution >= 4 is 16.7 Å². The first-order valence-electron chi connectivity index (χ1n) is 9.29. The number of hydrogen-bond acceptors (Lipinski definition) is 3. The number of quaternary nitrogens is 1. The third kappa shape index (κ3) is 8.75. The summed E-state index contributed by atoms with van der Waals surface area (Å²) in [4.78, 5) is 15.0. The molecule has 1 aromatic heterocycles. The second kappa shape index (κ2) is 13.5. The largest absolute Gasteiger partial charge is 0.333 e. The zero-order chi connectivity index (χ0) is 19.1. The number of pyridine rings is 1. The first-order valence-corrected chi connectivity index (χ1v) is 9.29. The van der Waals surface area contributed by atoms with Crippen molar-refractivity contribution in [3.05, 3.63) is 42.6 Å². The molecule has 0 fully saturated rings. The van der Waals surface area contributed by atoms with Gasteiger partial charge in [0.05, 0.1) is 31.7 Å². The molecular formula is C21H36N3O+. The number of aromatic nitrogens is 1. The zero-order valence-electron chi connectivity index (χ0n) is 16.7. The van der Waals surface area contributed by atoms with Crippen LogP contribution in [0.25, 0.3) is 10.9 Å². The Morgan fingerprint density at radius 1 is 1.00 bits per heavy atom. The third-order valence-electron chi connectivity index (χ3n) is 4.69. The summed E-state index contributed by atoms with van der Waals surface area (Å²) in [6.45, 7) is 13.1. The second-order valence-corrected chi connectivity index (χ2v) is 6.02. The molecule has 0 saturated heterocycles. The van der Waals surface area contributed by atoms with Gasteiger partial charge in [0.25, 0.3) is 0 Å². The summed E-state index contributed by atoms with van der Waals surface area (Å²) in [7, 11) is 1.50. The minimum absolute atomic E-state index is 0.321. The van der Waals surface area contributed by atoms with Crippen molar-refractivity contribution in [3.8, 4) is 0 Å². The molecule has 25 heavy (non-hydrogen) atoms. The average molecular weight is 347 g/mol. The summed E-state index contributed by atoms with van der Waals surface area (Å²) < 4.78 is 1.16. The van der Waals surface area contributed by atoms with E-state index in [1.54, 1.807) is 6.92 Å². The van der Waals surface area contributed by atoms with Crippen molar-refractivity contribution in [1.29, 1.82) is 0 Å². The molecule has 0 saturated carbocycles. The van der Waals surface area contributed by atoms with E-state index in [9.17, 15) is 4.79 Å². The van der Waals surface area contributed by atoms with E-state index in [1.807, 2.05) is 30.5 Å². The predicted octanol–water partition coefficient (Wildman–Crippen LogP) is 4.04. The van der Waals surface area contributed by atoms with Gasteiger partial charge >= 0.3 is 0 Å². The SMILES string of the molecule is CC[N+](CC)(CC)CCCC(C)=O.CN.c1ccc2ncccc2c1. The molecule has 140 valence electrons. The van der Waals surface area contributed by atoms with Crippen LogP contribution >= 0.6 is 0 Å². The molecular weight excluding hydrogens is 310 g/mol. The predicted molar refractivity (Wildman–Crippen MR) is 109 cm³/mol. The maximum Gasteiger partial charge on any atom is 0.130 e. The lowest BCUT2D eigenvalue weighted by atomic mass is 10.2. The Morgan fingerprint density at radius 2 is 1.56 bits per heavy atom. The summed E-state index contributed by atoms with van der Waals surface area (Å²) in [5.41, 5.74) is 5.56. The van der Waals surface area contributed by atoms with Crippen LogP contribution in [-0.4, -0.2) is 48.5 Å². The van der Waals surface area contributed by atoms with E-state index in [0.29, 0.717) is 5.78 Å². The molecule has 4 heteroatoms. The molecule has 0 radical (unpaired) electrons. The van der Waals surface area contributed by atoms with Crippen LogP contribution in [0.15, 0.2) is 42.6 Å². The van der Waals surface area contributed by atoms with Gasteiger partial charge in [0.15, 0.2) is 0 Å². The number of Topliss-reactive ketones (excluding diaryl/α,β-unsaturated/α-hetero) is 1. The second-order valence-electron chi connectivity index (χ2n) is 6.02. The van der Waals surface area contributed by atoms with Crippen molar-refractivity contribution in [2.45, 2.75) is 40.5 Å². The number of fused-ring (bicyclic) bond motifs is 1. The Morgan fingerprint density at radius 3 is 2.08 bits per heavy atom. The van der Waals surface area contributed by atoms with Crippen LogP contribution in [0, 0.1) is 0 Å². The minimum atomic E-state index is 0.321. The van der Waals surface area contributed by atoms with Gasteiger partial charge in [-0.2, -0.15) is 0 Å². The fourth-order valence-electron chi connectivity index (χ4n) is 2.82. The number of nitrogens with zero attached hydrogens (tertiary/aromatic N) is 2. The summed E-state index contributed by atoms with van der Waals surface area (Å²) in [6, 6.07) is 12.1. The summed E-state index contributed by atoms with van der Waals surface area (Å²) in [5, 5.41) is 1.20. The van der Waals surface area contributed by atoms with E-state index in [1.165, 1.54) is 32.1 Å². The van der Waals surface area contributed by atoms with Crippen LogP contribution in [0.2, 0.25) is 0 Å². The van der Waals surface area contributed by atoms with E-state index in [2.05, 4.69) is 43.6 Å². The molecule has 0 spiro atoms. The van der Waals surface area contributed by atoms with Crippen molar-refractivity contribution in [1.82, 2.24) is 4.98 Å². The van der Waals surface area contributed by atoms with Gasteiger partial charge in [-0.25, -0.2) is 0 Å². The van der Waals surface area contributed by atoms with Crippen molar-refractivity contribution in [2.24, 2.45) is 5.73 Å². The van der Waals surface area contributed by atoms with Gasteiger partial charge < -0.3 is 15.0 Å². The van der Waals surface area contributed by atoms with Crippen LogP contribution < -0.4 is 5.73 Å². The van der Waals surface area contributed by atoms with Gasteiger partial charge in [-0.3, -0.25) is 4.98 Å². The van der Waals surface area contributed by atoms with Crippen LogP contribution in [0.4, 0.5) is 0 Å². The first-order chi connectivity index (χ1) is 12.1. The van der Waals surface area contributed by atoms with E-state index < -0.39 is 0 Å². The molecule has 1 heterocycles. The van der Waals surface area contributed by atoms with Gasteiger partial charge in [0.2, 0.25) is 0 Å². The van der Waals surface area contributed by atoms with Crippen LogP contribution in [0.5, 0.6) is 0 Å². The van der Waals surface area contributed by atoms with Crippen molar-refractivity contribution < 1.29 is 9.28 Å². The number of nitrogens with two attached hydrogens (primary N) is 1. The van der Waals surface area contributed by atoms with E-state index in [0.717, 1.165) is 29.4 Å². The van der Waals surface area contributed by atoms with Crippen LogP contribution in [0.1, 0.15) is 40.5 Å². The van der Waals surface area contributed by atoms with Crippen molar-refractivity contribution in [2.75, 3.05) is 33.2 Å². The zero-order valence-corrected chi connectivity index (χ0v) is 16.7. The molecule has 2 rings (SSSR count). The summed E-state index contributed by atoms with van der Waals surface area (Å²) in [5.74, 6) is 0.321. The molecule has 2 N–H and O–H groups in total. The monoisotopic (exact) mass is 346 g/mol. The standard InChI is InChI=1S/C11H24NO.C9H7N.CH5N/c1-5-12(6-2,7-3)10-8-9-11(4)13;1-2-6-9-8(4-1)5-3-7-10-9;1-2/h5-10H2,1-4H3;1-7H;2H2,1H3/q+1;;. The highest BCUT2D eigenvalue weighted by Gasteiger charge is 2.19. The fourth-order valence-corrected chi connectivity index (χ4v) is 2.82. The van der Waals surface area contributed by atoms with Gasteiger partial charge in [0, 0.05) is 24.4 Å². The molecule has 0 amide bonds. The number of carbonyl (C=O) groups is 1.